The number of aliphatic hydroxyl groups excluding tert-OH is 1. The summed E-state index contributed by atoms with van der Waals surface area (Å²) in [7, 11) is 0. The summed E-state index contributed by atoms with van der Waals surface area (Å²) in [6.07, 6.45) is 5.82. The number of aliphatic hydroxyl groups is 1. The molecule has 0 saturated carbocycles. The van der Waals surface area contributed by atoms with Gasteiger partial charge in [-0.1, -0.05) is 13.3 Å². The van der Waals surface area contributed by atoms with E-state index in [0.29, 0.717) is 12.1 Å². The Morgan fingerprint density at radius 2 is 2.27 bits per heavy atom. The van der Waals surface area contributed by atoms with Gasteiger partial charge >= 0.3 is 0 Å². The third-order valence-corrected chi connectivity index (χ3v) is 3.22. The molecule has 0 spiro atoms. The average molecular weight is 214 g/mol. The molecule has 90 valence electrons. The second-order valence-electron chi connectivity index (χ2n) is 4.75. The van der Waals surface area contributed by atoms with Gasteiger partial charge in [0, 0.05) is 18.6 Å². The maximum atomic E-state index is 9.43. The summed E-state index contributed by atoms with van der Waals surface area (Å²) in [4.78, 5) is 0. The van der Waals surface area contributed by atoms with E-state index in [-0.39, 0.29) is 6.10 Å². The Hall–Kier alpha value is -0.120. The molecule has 3 nitrogen and oxygen atoms in total. The third-order valence-electron chi connectivity index (χ3n) is 3.22. The van der Waals surface area contributed by atoms with Gasteiger partial charge in [-0.3, -0.25) is 0 Å². The van der Waals surface area contributed by atoms with Crippen molar-refractivity contribution in [3.63, 3.8) is 0 Å². The summed E-state index contributed by atoms with van der Waals surface area (Å²) in [5, 5.41) is 16.4. The Balaban J connectivity index is 2.08. The van der Waals surface area contributed by atoms with Crippen molar-refractivity contribution < 1.29 is 5.11 Å². The van der Waals surface area contributed by atoms with Gasteiger partial charge < -0.3 is 15.7 Å². The minimum Gasteiger partial charge on any atom is -0.392 e. The number of nitrogens with one attached hydrogen (secondary N) is 2. The van der Waals surface area contributed by atoms with E-state index in [2.05, 4.69) is 17.6 Å². The molecule has 1 heterocycles. The lowest BCUT2D eigenvalue weighted by atomic mass is 9.99. The molecule has 3 N–H and O–H groups in total. The van der Waals surface area contributed by atoms with Crippen LogP contribution in [0.4, 0.5) is 0 Å². The maximum Gasteiger partial charge on any atom is 0.0662 e. The molecule has 0 aromatic carbocycles. The van der Waals surface area contributed by atoms with E-state index < -0.39 is 0 Å². The lowest BCUT2D eigenvalue weighted by Crippen LogP contribution is -2.41. The van der Waals surface area contributed by atoms with Crippen LogP contribution in [0.1, 0.15) is 46.0 Å². The third kappa shape index (κ3) is 5.50. The van der Waals surface area contributed by atoms with Crippen molar-refractivity contribution in [3.05, 3.63) is 0 Å². The molecule has 1 aliphatic rings. The summed E-state index contributed by atoms with van der Waals surface area (Å²) in [5.41, 5.74) is 0. The molecule has 0 radical (unpaired) electrons. The molecule has 0 amide bonds. The summed E-state index contributed by atoms with van der Waals surface area (Å²) in [6.45, 7) is 6.12. The zero-order valence-corrected chi connectivity index (χ0v) is 10.1. The van der Waals surface area contributed by atoms with E-state index in [4.69, 9.17) is 0 Å². The van der Waals surface area contributed by atoms with Crippen LogP contribution >= 0.6 is 0 Å². The Labute approximate surface area is 93.6 Å². The second kappa shape index (κ2) is 7.20. The molecule has 0 aromatic heterocycles. The predicted molar refractivity (Wildman–Crippen MR) is 64.0 cm³/mol. The van der Waals surface area contributed by atoms with E-state index in [9.17, 15) is 5.11 Å². The van der Waals surface area contributed by atoms with Crippen molar-refractivity contribution in [1.82, 2.24) is 10.6 Å². The standard InChI is InChI=1S/C12H26N2O/c1-3-12(15)9-14-10(2)8-11-6-4-5-7-13-11/h10-15H,3-9H2,1-2H3. The van der Waals surface area contributed by atoms with Gasteiger partial charge in [0.1, 0.15) is 0 Å². The van der Waals surface area contributed by atoms with Crippen LogP contribution in [0.2, 0.25) is 0 Å². The van der Waals surface area contributed by atoms with Crippen LogP contribution in [0.3, 0.4) is 0 Å². The van der Waals surface area contributed by atoms with E-state index >= 15 is 0 Å². The summed E-state index contributed by atoms with van der Waals surface area (Å²) < 4.78 is 0. The van der Waals surface area contributed by atoms with Crippen molar-refractivity contribution in [1.29, 1.82) is 0 Å². The van der Waals surface area contributed by atoms with Crippen molar-refractivity contribution in [3.8, 4) is 0 Å². The van der Waals surface area contributed by atoms with E-state index in [1.807, 2.05) is 6.92 Å². The quantitative estimate of drug-likeness (QED) is 0.624. The molecule has 1 fully saturated rings. The monoisotopic (exact) mass is 214 g/mol. The zero-order chi connectivity index (χ0) is 11.1. The molecule has 1 saturated heterocycles. The minimum atomic E-state index is -0.188. The van der Waals surface area contributed by atoms with Crippen molar-refractivity contribution in [2.75, 3.05) is 13.1 Å². The Bertz CT molecular complexity index is 158. The first kappa shape index (κ1) is 12.9. The molecule has 0 bridgehead atoms. The minimum absolute atomic E-state index is 0.188. The van der Waals surface area contributed by atoms with Gasteiger partial charge in [-0.2, -0.15) is 0 Å². The van der Waals surface area contributed by atoms with Crippen LogP contribution in [-0.4, -0.2) is 36.4 Å². The fourth-order valence-electron chi connectivity index (χ4n) is 2.12. The number of hydrogen-bond donors (Lipinski definition) is 3. The van der Waals surface area contributed by atoms with Gasteiger partial charge in [0.25, 0.3) is 0 Å². The first-order chi connectivity index (χ1) is 7.22. The smallest absolute Gasteiger partial charge is 0.0662 e. The number of hydrogen-bond acceptors (Lipinski definition) is 3. The summed E-state index contributed by atoms with van der Waals surface area (Å²) >= 11 is 0. The normalized spacial score (nSPS) is 26.2. The largest absolute Gasteiger partial charge is 0.392 e. The van der Waals surface area contributed by atoms with Gasteiger partial charge in [-0.25, -0.2) is 0 Å². The van der Waals surface area contributed by atoms with Gasteiger partial charge in [0.05, 0.1) is 6.10 Å². The van der Waals surface area contributed by atoms with Crippen molar-refractivity contribution >= 4 is 0 Å². The van der Waals surface area contributed by atoms with E-state index in [0.717, 1.165) is 13.0 Å². The molecule has 1 aliphatic heterocycles. The van der Waals surface area contributed by atoms with Crippen LogP contribution in [0.25, 0.3) is 0 Å². The maximum absolute atomic E-state index is 9.43. The van der Waals surface area contributed by atoms with E-state index in [1.165, 1.54) is 32.2 Å². The lowest BCUT2D eigenvalue weighted by Gasteiger charge is -2.27. The fourth-order valence-corrected chi connectivity index (χ4v) is 2.12. The van der Waals surface area contributed by atoms with Gasteiger partial charge in [0.2, 0.25) is 0 Å². The number of rotatable bonds is 6. The number of piperidine rings is 1. The highest BCUT2D eigenvalue weighted by Gasteiger charge is 2.15. The van der Waals surface area contributed by atoms with Crippen molar-refractivity contribution in [2.24, 2.45) is 0 Å². The topological polar surface area (TPSA) is 44.3 Å². The highest BCUT2D eigenvalue weighted by atomic mass is 16.3. The molecule has 3 heteroatoms. The zero-order valence-electron chi connectivity index (χ0n) is 10.1. The first-order valence-electron chi connectivity index (χ1n) is 6.37. The fraction of sp³-hybridized carbons (Fsp3) is 1.00. The Kier molecular flexibility index (Phi) is 6.22. The molecule has 1 rings (SSSR count). The van der Waals surface area contributed by atoms with Crippen LogP contribution in [0, 0.1) is 0 Å². The Morgan fingerprint density at radius 1 is 1.47 bits per heavy atom. The van der Waals surface area contributed by atoms with Gasteiger partial charge in [-0.15, -0.1) is 0 Å². The SMILES string of the molecule is CCC(O)CNC(C)CC1CCCCN1. The highest BCUT2D eigenvalue weighted by Crippen LogP contribution is 2.11. The van der Waals surface area contributed by atoms with Crippen LogP contribution in [-0.2, 0) is 0 Å². The summed E-state index contributed by atoms with van der Waals surface area (Å²) in [6, 6.07) is 1.18. The van der Waals surface area contributed by atoms with Crippen molar-refractivity contribution in [2.45, 2.75) is 64.1 Å². The average Bonchev–Trinajstić information content (AvgIpc) is 2.27. The van der Waals surface area contributed by atoms with Gasteiger partial charge in [-0.05, 0) is 39.2 Å². The van der Waals surface area contributed by atoms with Crippen LogP contribution < -0.4 is 10.6 Å². The molecule has 3 unspecified atom stereocenters. The summed E-state index contributed by atoms with van der Waals surface area (Å²) in [5.74, 6) is 0. The highest BCUT2D eigenvalue weighted by molar-refractivity contribution is 4.77. The lowest BCUT2D eigenvalue weighted by molar-refractivity contribution is 0.161. The molecular weight excluding hydrogens is 188 g/mol. The molecule has 3 atom stereocenters. The molecular formula is C12H26N2O. The Morgan fingerprint density at radius 3 is 2.87 bits per heavy atom. The first-order valence-corrected chi connectivity index (χ1v) is 6.37. The molecule has 0 aliphatic carbocycles. The van der Waals surface area contributed by atoms with Gasteiger partial charge in [0.15, 0.2) is 0 Å². The van der Waals surface area contributed by atoms with Crippen LogP contribution in [0.5, 0.6) is 0 Å². The van der Waals surface area contributed by atoms with Crippen LogP contribution in [0.15, 0.2) is 0 Å². The second-order valence-corrected chi connectivity index (χ2v) is 4.75. The predicted octanol–water partition coefficient (Wildman–Crippen LogP) is 1.27. The molecule has 15 heavy (non-hydrogen) atoms. The van der Waals surface area contributed by atoms with E-state index in [1.54, 1.807) is 0 Å². The molecule has 0 aromatic rings.